The summed E-state index contributed by atoms with van der Waals surface area (Å²) in [6, 6.07) is 15.7. The molecule has 10 heteroatoms. The molecule has 0 atom stereocenters. The Morgan fingerprint density at radius 1 is 1.16 bits per heavy atom. The SMILES string of the molecule is Cc1nn(Cc2ccccc2)c(Cl)c1C(=O)Nc1cccc(S(=O)(=O)NC2=NCCC2)c1. The van der Waals surface area contributed by atoms with Crippen LogP contribution in [0.5, 0.6) is 0 Å². The minimum atomic E-state index is -3.79. The number of sulfonamides is 1. The zero-order chi connectivity index (χ0) is 22.7. The van der Waals surface area contributed by atoms with Gasteiger partial charge in [0, 0.05) is 18.7 Å². The van der Waals surface area contributed by atoms with Gasteiger partial charge in [0.25, 0.3) is 15.9 Å². The predicted octanol–water partition coefficient (Wildman–Crippen LogP) is 3.62. The van der Waals surface area contributed by atoms with Crippen molar-refractivity contribution in [1.82, 2.24) is 14.5 Å². The lowest BCUT2D eigenvalue weighted by Crippen LogP contribution is -2.29. The standard InChI is InChI=1S/C22H22ClN5O3S/c1-15-20(21(23)28(26-15)14-16-7-3-2-4-8-16)22(29)25-17-9-5-10-18(13-17)32(30,31)27-19-11-6-12-24-19/h2-5,7-10,13H,6,11-12,14H2,1H3,(H,24,27)(H,25,29). The fraction of sp³-hybridized carbons (Fsp3) is 0.227. The molecule has 1 aliphatic rings. The van der Waals surface area contributed by atoms with Crippen LogP contribution >= 0.6 is 11.6 Å². The first-order chi connectivity index (χ1) is 15.3. The number of amides is 1. The van der Waals surface area contributed by atoms with Crippen molar-refractivity contribution in [2.75, 3.05) is 11.9 Å². The van der Waals surface area contributed by atoms with E-state index in [0.29, 0.717) is 36.7 Å². The summed E-state index contributed by atoms with van der Waals surface area (Å²) in [5.74, 6) is -0.0119. The fourth-order valence-corrected chi connectivity index (χ4v) is 4.90. The molecule has 8 nitrogen and oxygen atoms in total. The summed E-state index contributed by atoms with van der Waals surface area (Å²) >= 11 is 6.46. The number of nitrogens with zero attached hydrogens (tertiary/aromatic N) is 3. The summed E-state index contributed by atoms with van der Waals surface area (Å²) in [5, 5.41) is 7.33. The molecule has 1 amide bonds. The van der Waals surface area contributed by atoms with E-state index in [1.54, 1.807) is 23.7 Å². The fourth-order valence-electron chi connectivity index (χ4n) is 3.44. The van der Waals surface area contributed by atoms with Crippen LogP contribution in [0, 0.1) is 6.92 Å². The molecule has 0 radical (unpaired) electrons. The van der Waals surface area contributed by atoms with Crippen LogP contribution in [0.25, 0.3) is 0 Å². The number of benzene rings is 2. The molecule has 166 valence electrons. The Bertz CT molecular complexity index is 1290. The number of anilines is 1. The van der Waals surface area contributed by atoms with E-state index < -0.39 is 15.9 Å². The number of halogens is 1. The molecule has 2 aromatic carbocycles. The van der Waals surface area contributed by atoms with Gasteiger partial charge in [-0.05, 0) is 37.1 Å². The van der Waals surface area contributed by atoms with Crippen molar-refractivity contribution in [3.63, 3.8) is 0 Å². The molecule has 0 bridgehead atoms. The molecule has 0 fully saturated rings. The highest BCUT2D eigenvalue weighted by molar-refractivity contribution is 7.90. The molecule has 4 rings (SSSR count). The summed E-state index contributed by atoms with van der Waals surface area (Å²) in [4.78, 5) is 17.1. The number of nitrogens with one attached hydrogen (secondary N) is 2. The second-order valence-electron chi connectivity index (χ2n) is 7.41. The number of aromatic nitrogens is 2. The highest BCUT2D eigenvalue weighted by Gasteiger charge is 2.22. The van der Waals surface area contributed by atoms with Crippen LogP contribution < -0.4 is 10.0 Å². The third-order valence-electron chi connectivity index (χ3n) is 5.00. The molecule has 1 aromatic heterocycles. The molecule has 32 heavy (non-hydrogen) atoms. The van der Waals surface area contributed by atoms with E-state index in [0.717, 1.165) is 12.0 Å². The summed E-state index contributed by atoms with van der Waals surface area (Å²) in [6.45, 7) is 2.75. The molecule has 0 aliphatic carbocycles. The Labute approximate surface area is 191 Å². The van der Waals surface area contributed by atoms with E-state index >= 15 is 0 Å². The van der Waals surface area contributed by atoms with Gasteiger partial charge in [-0.3, -0.25) is 14.5 Å². The van der Waals surface area contributed by atoms with Gasteiger partial charge in [-0.15, -0.1) is 0 Å². The van der Waals surface area contributed by atoms with E-state index in [1.165, 1.54) is 12.1 Å². The Hall–Kier alpha value is -3.17. The summed E-state index contributed by atoms with van der Waals surface area (Å²) in [6.07, 6.45) is 1.42. The topological polar surface area (TPSA) is 105 Å². The average molecular weight is 472 g/mol. The predicted molar refractivity (Wildman–Crippen MR) is 124 cm³/mol. The van der Waals surface area contributed by atoms with Gasteiger partial charge in [0.05, 0.1) is 22.7 Å². The van der Waals surface area contributed by atoms with E-state index in [1.807, 2.05) is 30.3 Å². The smallest absolute Gasteiger partial charge is 0.262 e. The summed E-state index contributed by atoms with van der Waals surface area (Å²) < 4.78 is 29.4. The van der Waals surface area contributed by atoms with Gasteiger partial charge < -0.3 is 5.32 Å². The molecule has 3 aromatic rings. The van der Waals surface area contributed by atoms with Crippen LogP contribution in [-0.2, 0) is 16.6 Å². The monoisotopic (exact) mass is 471 g/mol. The van der Waals surface area contributed by atoms with Gasteiger partial charge in [-0.1, -0.05) is 48.0 Å². The van der Waals surface area contributed by atoms with E-state index in [-0.39, 0.29) is 15.6 Å². The normalized spacial score (nSPS) is 13.6. The third kappa shape index (κ3) is 4.84. The van der Waals surface area contributed by atoms with Crippen LogP contribution in [0.15, 0.2) is 64.5 Å². The number of hydrogen-bond donors (Lipinski definition) is 2. The Morgan fingerprint density at radius 2 is 1.94 bits per heavy atom. The number of aryl methyl sites for hydroxylation is 1. The molecule has 2 N–H and O–H groups in total. The number of hydrogen-bond acceptors (Lipinski definition) is 5. The Kier molecular flexibility index (Phi) is 6.29. The van der Waals surface area contributed by atoms with E-state index in [9.17, 15) is 13.2 Å². The van der Waals surface area contributed by atoms with Crippen molar-refractivity contribution < 1.29 is 13.2 Å². The Morgan fingerprint density at radius 3 is 2.66 bits per heavy atom. The first-order valence-corrected chi connectivity index (χ1v) is 11.9. The van der Waals surface area contributed by atoms with Crippen molar-refractivity contribution in [3.05, 3.63) is 76.6 Å². The van der Waals surface area contributed by atoms with E-state index in [2.05, 4.69) is 20.1 Å². The highest BCUT2D eigenvalue weighted by Crippen LogP contribution is 2.23. The number of carbonyl (C=O) groups is 1. The van der Waals surface area contributed by atoms with Crippen LogP contribution in [0.1, 0.15) is 34.5 Å². The largest absolute Gasteiger partial charge is 0.322 e. The second kappa shape index (κ2) is 9.13. The molecule has 2 heterocycles. The van der Waals surface area contributed by atoms with Crippen molar-refractivity contribution in [2.24, 2.45) is 4.99 Å². The molecule has 0 unspecified atom stereocenters. The zero-order valence-corrected chi connectivity index (χ0v) is 18.9. The number of amidine groups is 1. The lowest BCUT2D eigenvalue weighted by molar-refractivity contribution is 0.102. The van der Waals surface area contributed by atoms with Crippen LogP contribution in [-0.4, -0.2) is 36.5 Å². The number of aliphatic imine (C=N–C) groups is 1. The third-order valence-corrected chi connectivity index (χ3v) is 6.76. The number of carbonyl (C=O) groups excluding carboxylic acids is 1. The van der Waals surface area contributed by atoms with Crippen molar-refractivity contribution in [1.29, 1.82) is 0 Å². The summed E-state index contributed by atoms with van der Waals surface area (Å²) in [7, 11) is -3.79. The van der Waals surface area contributed by atoms with Crippen molar-refractivity contribution >= 4 is 39.1 Å². The van der Waals surface area contributed by atoms with Gasteiger partial charge >= 0.3 is 0 Å². The van der Waals surface area contributed by atoms with Crippen molar-refractivity contribution in [2.45, 2.75) is 31.2 Å². The van der Waals surface area contributed by atoms with Gasteiger partial charge in [-0.25, -0.2) is 13.1 Å². The number of rotatable bonds is 6. The Balaban J connectivity index is 1.53. The molecule has 0 saturated heterocycles. The highest BCUT2D eigenvalue weighted by atomic mass is 35.5. The van der Waals surface area contributed by atoms with E-state index in [4.69, 9.17) is 11.6 Å². The lowest BCUT2D eigenvalue weighted by Gasteiger charge is -2.10. The molecule has 0 spiro atoms. The zero-order valence-electron chi connectivity index (χ0n) is 17.4. The maximum atomic E-state index is 12.9. The van der Waals surface area contributed by atoms with Crippen LogP contribution in [0.4, 0.5) is 5.69 Å². The van der Waals surface area contributed by atoms with Crippen LogP contribution in [0.3, 0.4) is 0 Å². The van der Waals surface area contributed by atoms with Gasteiger partial charge in [-0.2, -0.15) is 5.10 Å². The molecule has 1 aliphatic heterocycles. The van der Waals surface area contributed by atoms with Gasteiger partial charge in [0.2, 0.25) is 0 Å². The van der Waals surface area contributed by atoms with Gasteiger partial charge in [0.1, 0.15) is 11.0 Å². The second-order valence-corrected chi connectivity index (χ2v) is 9.45. The maximum absolute atomic E-state index is 12.9. The molecular formula is C22H22ClN5O3S. The average Bonchev–Trinajstić information content (AvgIpc) is 3.36. The molecule has 0 saturated carbocycles. The maximum Gasteiger partial charge on any atom is 0.262 e. The first-order valence-electron chi connectivity index (χ1n) is 10.1. The van der Waals surface area contributed by atoms with Gasteiger partial charge in [0.15, 0.2) is 0 Å². The van der Waals surface area contributed by atoms with Crippen molar-refractivity contribution in [3.8, 4) is 0 Å². The lowest BCUT2D eigenvalue weighted by atomic mass is 10.2. The first kappa shape index (κ1) is 22.0. The quantitative estimate of drug-likeness (QED) is 0.572. The molecular weight excluding hydrogens is 450 g/mol. The summed E-state index contributed by atoms with van der Waals surface area (Å²) in [5.41, 5.74) is 2.06. The minimum absolute atomic E-state index is 0.0347. The van der Waals surface area contributed by atoms with Crippen LogP contribution in [0.2, 0.25) is 5.15 Å². The minimum Gasteiger partial charge on any atom is -0.322 e.